The van der Waals surface area contributed by atoms with Crippen molar-refractivity contribution in [3.8, 4) is 0 Å². The van der Waals surface area contributed by atoms with Crippen molar-refractivity contribution >= 4 is 72.9 Å². The zero-order chi connectivity index (χ0) is 19.0. The Hall–Kier alpha value is -2.61. The second-order valence-corrected chi connectivity index (χ2v) is 7.65. The standard InChI is InChI=1S/C18H14Cl2N6S/c1-9-3-2-4-13-15(9)25-18(27-13)26-17-14(21)16(22-8-23-17)24-10-5-6-11(19)12(20)7-10/h2-8H,21H2,1H3,(H2,22,23,24,25,26). The van der Waals surface area contributed by atoms with E-state index in [-0.39, 0.29) is 0 Å². The predicted molar refractivity (Wildman–Crippen MR) is 114 cm³/mol. The largest absolute Gasteiger partial charge is 0.393 e. The van der Waals surface area contributed by atoms with E-state index in [0.717, 1.165) is 21.5 Å². The third kappa shape index (κ3) is 3.62. The summed E-state index contributed by atoms with van der Waals surface area (Å²) in [5.41, 5.74) is 9.42. The van der Waals surface area contributed by atoms with Crippen LogP contribution in [0, 0.1) is 6.92 Å². The van der Waals surface area contributed by atoms with Gasteiger partial charge in [-0.1, -0.05) is 46.7 Å². The lowest BCUT2D eigenvalue weighted by Gasteiger charge is -2.11. The highest BCUT2D eigenvalue weighted by molar-refractivity contribution is 7.22. The van der Waals surface area contributed by atoms with Gasteiger partial charge in [0, 0.05) is 5.69 Å². The molecule has 136 valence electrons. The number of benzene rings is 2. The first-order chi connectivity index (χ1) is 13.0. The average molecular weight is 417 g/mol. The molecule has 0 unspecified atom stereocenters. The second-order valence-electron chi connectivity index (χ2n) is 5.80. The summed E-state index contributed by atoms with van der Waals surface area (Å²) in [6.07, 6.45) is 1.43. The van der Waals surface area contributed by atoms with E-state index in [1.54, 1.807) is 18.2 Å². The molecule has 0 aliphatic carbocycles. The second kappa shape index (κ2) is 7.19. The number of halogens is 2. The third-order valence-corrected chi connectivity index (χ3v) is 5.59. The average Bonchev–Trinajstić information content (AvgIpc) is 3.06. The van der Waals surface area contributed by atoms with Crippen LogP contribution in [-0.2, 0) is 0 Å². The monoisotopic (exact) mass is 416 g/mol. The van der Waals surface area contributed by atoms with Crippen LogP contribution in [-0.4, -0.2) is 15.0 Å². The molecular formula is C18H14Cl2N6S. The Kier molecular flexibility index (Phi) is 4.73. The molecule has 0 spiro atoms. The number of para-hydroxylation sites is 1. The van der Waals surface area contributed by atoms with Crippen molar-refractivity contribution in [2.75, 3.05) is 16.4 Å². The van der Waals surface area contributed by atoms with Crippen LogP contribution < -0.4 is 16.4 Å². The predicted octanol–water partition coefficient (Wildman–Crippen LogP) is 5.77. The molecule has 2 aromatic heterocycles. The van der Waals surface area contributed by atoms with Gasteiger partial charge in [0.25, 0.3) is 0 Å². The van der Waals surface area contributed by atoms with E-state index in [2.05, 4.69) is 25.6 Å². The van der Waals surface area contributed by atoms with Gasteiger partial charge in [-0.05, 0) is 36.8 Å². The number of thiazole rings is 1. The van der Waals surface area contributed by atoms with Crippen molar-refractivity contribution < 1.29 is 0 Å². The minimum Gasteiger partial charge on any atom is -0.393 e. The number of aromatic nitrogens is 3. The summed E-state index contributed by atoms with van der Waals surface area (Å²) in [6.45, 7) is 2.03. The SMILES string of the molecule is Cc1cccc2sc(Nc3ncnc(Nc4ccc(Cl)c(Cl)c4)c3N)nc12. The van der Waals surface area contributed by atoms with E-state index >= 15 is 0 Å². The van der Waals surface area contributed by atoms with Crippen LogP contribution in [0.4, 0.5) is 28.1 Å². The number of nitrogens with one attached hydrogen (secondary N) is 2. The molecule has 27 heavy (non-hydrogen) atoms. The molecular weight excluding hydrogens is 403 g/mol. The molecule has 2 aromatic carbocycles. The Morgan fingerprint density at radius 3 is 2.52 bits per heavy atom. The van der Waals surface area contributed by atoms with Crippen LogP contribution in [0.15, 0.2) is 42.7 Å². The summed E-state index contributed by atoms with van der Waals surface area (Å²) in [6, 6.07) is 11.3. The first-order valence-corrected chi connectivity index (χ1v) is 9.54. The number of rotatable bonds is 4. The van der Waals surface area contributed by atoms with E-state index in [4.69, 9.17) is 28.9 Å². The number of hydrogen-bond donors (Lipinski definition) is 3. The van der Waals surface area contributed by atoms with E-state index in [1.165, 1.54) is 17.7 Å². The Morgan fingerprint density at radius 1 is 1.00 bits per heavy atom. The molecule has 6 nitrogen and oxygen atoms in total. The summed E-state index contributed by atoms with van der Waals surface area (Å²) in [7, 11) is 0. The smallest absolute Gasteiger partial charge is 0.189 e. The van der Waals surface area contributed by atoms with Crippen LogP contribution in [0.1, 0.15) is 5.56 Å². The van der Waals surface area contributed by atoms with Crippen molar-refractivity contribution in [3.63, 3.8) is 0 Å². The highest BCUT2D eigenvalue weighted by Gasteiger charge is 2.12. The number of nitrogens with zero attached hydrogens (tertiary/aromatic N) is 3. The molecule has 0 amide bonds. The van der Waals surface area contributed by atoms with Gasteiger partial charge in [-0.3, -0.25) is 0 Å². The lowest BCUT2D eigenvalue weighted by atomic mass is 10.2. The number of hydrogen-bond acceptors (Lipinski definition) is 7. The maximum Gasteiger partial charge on any atom is 0.189 e. The normalized spacial score (nSPS) is 10.9. The lowest BCUT2D eigenvalue weighted by Crippen LogP contribution is -2.05. The van der Waals surface area contributed by atoms with Crippen LogP contribution in [0.25, 0.3) is 10.2 Å². The van der Waals surface area contributed by atoms with Crippen LogP contribution >= 0.6 is 34.5 Å². The number of aryl methyl sites for hydroxylation is 1. The fraction of sp³-hybridized carbons (Fsp3) is 0.0556. The van der Waals surface area contributed by atoms with Crippen molar-refractivity contribution in [2.45, 2.75) is 6.92 Å². The highest BCUT2D eigenvalue weighted by atomic mass is 35.5. The number of nitrogen functional groups attached to an aromatic ring is 1. The molecule has 2 heterocycles. The van der Waals surface area contributed by atoms with Gasteiger partial charge in [0.1, 0.15) is 12.0 Å². The molecule has 4 aromatic rings. The maximum absolute atomic E-state index is 6.24. The highest BCUT2D eigenvalue weighted by Crippen LogP contribution is 2.33. The van der Waals surface area contributed by atoms with E-state index < -0.39 is 0 Å². The maximum atomic E-state index is 6.24. The number of nitrogens with two attached hydrogens (primary N) is 1. The number of anilines is 5. The van der Waals surface area contributed by atoms with Gasteiger partial charge in [0.2, 0.25) is 0 Å². The summed E-state index contributed by atoms with van der Waals surface area (Å²) < 4.78 is 1.10. The van der Waals surface area contributed by atoms with Crippen LogP contribution in [0.5, 0.6) is 0 Å². The minimum absolute atomic E-state index is 0.375. The molecule has 0 radical (unpaired) electrons. The van der Waals surface area contributed by atoms with Crippen LogP contribution in [0.2, 0.25) is 10.0 Å². The zero-order valence-corrected chi connectivity index (χ0v) is 16.5. The topological polar surface area (TPSA) is 88.8 Å². The third-order valence-electron chi connectivity index (χ3n) is 3.91. The molecule has 0 saturated heterocycles. The van der Waals surface area contributed by atoms with E-state index in [0.29, 0.717) is 32.5 Å². The van der Waals surface area contributed by atoms with Gasteiger partial charge >= 0.3 is 0 Å². The van der Waals surface area contributed by atoms with Gasteiger partial charge in [-0.15, -0.1) is 0 Å². The van der Waals surface area contributed by atoms with Gasteiger partial charge in [-0.25, -0.2) is 15.0 Å². The van der Waals surface area contributed by atoms with Gasteiger partial charge in [-0.2, -0.15) is 0 Å². The van der Waals surface area contributed by atoms with Gasteiger partial charge in [0.05, 0.1) is 20.3 Å². The molecule has 4 rings (SSSR count). The van der Waals surface area contributed by atoms with Crippen molar-refractivity contribution in [2.24, 2.45) is 0 Å². The lowest BCUT2D eigenvalue weighted by molar-refractivity contribution is 1.17. The molecule has 0 fully saturated rings. The van der Waals surface area contributed by atoms with Gasteiger partial charge in [0.15, 0.2) is 16.8 Å². The van der Waals surface area contributed by atoms with Crippen molar-refractivity contribution in [1.29, 1.82) is 0 Å². The number of fused-ring (bicyclic) bond motifs is 1. The first kappa shape index (κ1) is 17.8. The fourth-order valence-corrected chi connectivity index (χ4v) is 3.79. The minimum atomic E-state index is 0.375. The summed E-state index contributed by atoms with van der Waals surface area (Å²) >= 11 is 13.5. The Labute approximate surface area is 169 Å². The van der Waals surface area contributed by atoms with Crippen molar-refractivity contribution in [1.82, 2.24) is 15.0 Å². The van der Waals surface area contributed by atoms with Crippen molar-refractivity contribution in [3.05, 3.63) is 58.3 Å². The molecule has 0 atom stereocenters. The first-order valence-electron chi connectivity index (χ1n) is 7.97. The molecule has 0 saturated carbocycles. The summed E-state index contributed by atoms with van der Waals surface area (Å²) in [5, 5.41) is 7.94. The van der Waals surface area contributed by atoms with E-state index in [1.807, 2.05) is 25.1 Å². The molecule has 4 N–H and O–H groups in total. The van der Waals surface area contributed by atoms with Crippen LogP contribution in [0.3, 0.4) is 0 Å². The fourth-order valence-electron chi connectivity index (χ4n) is 2.55. The Morgan fingerprint density at radius 2 is 1.78 bits per heavy atom. The molecule has 9 heteroatoms. The van der Waals surface area contributed by atoms with E-state index in [9.17, 15) is 0 Å². The van der Waals surface area contributed by atoms with Gasteiger partial charge < -0.3 is 16.4 Å². The Balaban J connectivity index is 1.62. The summed E-state index contributed by atoms with van der Waals surface area (Å²) in [5.74, 6) is 0.937. The molecule has 0 aliphatic rings. The Bertz CT molecular complexity index is 1140. The quantitative estimate of drug-likeness (QED) is 0.391. The molecule has 0 bridgehead atoms. The molecule has 0 aliphatic heterocycles. The zero-order valence-electron chi connectivity index (χ0n) is 14.1. The summed E-state index contributed by atoms with van der Waals surface area (Å²) in [4.78, 5) is 13.1.